The van der Waals surface area contributed by atoms with Gasteiger partial charge in [-0.15, -0.1) is 0 Å². The molecule has 4 rings (SSSR count). The zero-order valence-electron chi connectivity index (χ0n) is 14.8. The first-order valence-corrected chi connectivity index (χ1v) is 9.25. The van der Waals surface area contributed by atoms with Crippen molar-refractivity contribution in [2.24, 2.45) is 17.6 Å². The summed E-state index contributed by atoms with van der Waals surface area (Å²) >= 11 is 0. The number of nitrogens with one attached hydrogen (secondary N) is 1. The minimum atomic E-state index is 0.0802. The minimum absolute atomic E-state index is 0.0802. The third-order valence-electron chi connectivity index (χ3n) is 5.43. The zero-order chi connectivity index (χ0) is 17.9. The molecule has 134 valence electrons. The molecule has 1 aromatic heterocycles. The number of rotatable bonds is 5. The van der Waals surface area contributed by atoms with Gasteiger partial charge in [0.2, 0.25) is 5.91 Å². The average molecular weight is 348 g/mol. The molecule has 1 aliphatic carbocycles. The molecule has 0 spiro atoms. The van der Waals surface area contributed by atoms with Crippen molar-refractivity contribution in [3.63, 3.8) is 0 Å². The SMILES string of the molecule is NC[C@H]1CCC[C@H]1C(=O)NCc1ccc(-n2cnc3ccccc32)cc1. The van der Waals surface area contributed by atoms with Crippen molar-refractivity contribution in [3.05, 3.63) is 60.4 Å². The number of hydrogen-bond donors (Lipinski definition) is 2. The standard InChI is InChI=1S/C21H24N4O/c22-12-16-4-3-5-18(16)21(26)23-13-15-8-10-17(11-9-15)25-14-24-19-6-1-2-7-20(19)25/h1-2,6-11,14,16,18H,3-5,12-13,22H2,(H,23,26)/t16-,18-/m1/s1. The molecule has 1 fully saturated rings. The molecule has 2 aromatic carbocycles. The van der Waals surface area contributed by atoms with E-state index in [0.717, 1.165) is 41.5 Å². The Morgan fingerprint density at radius 1 is 1.15 bits per heavy atom. The van der Waals surface area contributed by atoms with E-state index in [2.05, 4.69) is 45.2 Å². The van der Waals surface area contributed by atoms with Crippen molar-refractivity contribution in [1.29, 1.82) is 0 Å². The van der Waals surface area contributed by atoms with Gasteiger partial charge in [0.1, 0.15) is 6.33 Å². The van der Waals surface area contributed by atoms with Crippen LogP contribution in [0.25, 0.3) is 16.7 Å². The maximum Gasteiger partial charge on any atom is 0.223 e. The highest BCUT2D eigenvalue weighted by Gasteiger charge is 2.31. The van der Waals surface area contributed by atoms with Gasteiger partial charge in [-0.05, 0) is 55.1 Å². The summed E-state index contributed by atoms with van der Waals surface area (Å²) in [7, 11) is 0. The van der Waals surface area contributed by atoms with E-state index < -0.39 is 0 Å². The van der Waals surface area contributed by atoms with Gasteiger partial charge in [-0.2, -0.15) is 0 Å². The highest BCUT2D eigenvalue weighted by atomic mass is 16.1. The zero-order valence-corrected chi connectivity index (χ0v) is 14.8. The molecule has 0 bridgehead atoms. The van der Waals surface area contributed by atoms with Gasteiger partial charge < -0.3 is 11.1 Å². The summed E-state index contributed by atoms with van der Waals surface area (Å²) in [5.41, 5.74) is 10.0. The quantitative estimate of drug-likeness (QED) is 0.744. The number of nitrogens with two attached hydrogens (primary N) is 1. The van der Waals surface area contributed by atoms with Crippen molar-refractivity contribution in [2.75, 3.05) is 6.54 Å². The van der Waals surface area contributed by atoms with E-state index in [4.69, 9.17) is 5.73 Å². The maximum atomic E-state index is 12.4. The van der Waals surface area contributed by atoms with Gasteiger partial charge in [-0.25, -0.2) is 4.98 Å². The van der Waals surface area contributed by atoms with Crippen LogP contribution in [0.2, 0.25) is 0 Å². The fraction of sp³-hybridized carbons (Fsp3) is 0.333. The van der Waals surface area contributed by atoms with Crippen LogP contribution in [0.5, 0.6) is 0 Å². The van der Waals surface area contributed by atoms with Gasteiger partial charge in [0.15, 0.2) is 0 Å². The molecular formula is C21H24N4O. The summed E-state index contributed by atoms with van der Waals surface area (Å²) in [6, 6.07) is 16.3. The number of para-hydroxylation sites is 2. The van der Waals surface area contributed by atoms with Crippen LogP contribution in [-0.4, -0.2) is 22.0 Å². The number of nitrogens with zero attached hydrogens (tertiary/aromatic N) is 2. The minimum Gasteiger partial charge on any atom is -0.352 e. The molecule has 0 saturated heterocycles. The highest BCUT2D eigenvalue weighted by Crippen LogP contribution is 2.31. The Kier molecular flexibility index (Phi) is 4.71. The molecule has 1 saturated carbocycles. The Balaban J connectivity index is 1.42. The summed E-state index contributed by atoms with van der Waals surface area (Å²) in [6.45, 7) is 1.16. The maximum absolute atomic E-state index is 12.4. The molecule has 0 unspecified atom stereocenters. The van der Waals surface area contributed by atoms with E-state index in [0.29, 0.717) is 19.0 Å². The number of benzene rings is 2. The lowest BCUT2D eigenvalue weighted by Crippen LogP contribution is -2.34. The van der Waals surface area contributed by atoms with Crippen molar-refractivity contribution in [3.8, 4) is 5.69 Å². The first-order valence-electron chi connectivity index (χ1n) is 9.25. The largest absolute Gasteiger partial charge is 0.352 e. The number of carbonyl (C=O) groups is 1. The van der Waals surface area contributed by atoms with E-state index in [-0.39, 0.29) is 11.8 Å². The monoisotopic (exact) mass is 348 g/mol. The molecule has 5 nitrogen and oxygen atoms in total. The summed E-state index contributed by atoms with van der Waals surface area (Å²) in [5.74, 6) is 0.561. The third-order valence-corrected chi connectivity index (χ3v) is 5.43. The molecule has 5 heteroatoms. The summed E-state index contributed by atoms with van der Waals surface area (Å²) < 4.78 is 2.07. The van der Waals surface area contributed by atoms with E-state index in [9.17, 15) is 4.79 Å². The van der Waals surface area contributed by atoms with Crippen LogP contribution in [0.1, 0.15) is 24.8 Å². The molecule has 3 aromatic rings. The van der Waals surface area contributed by atoms with Gasteiger partial charge in [0, 0.05) is 18.2 Å². The molecule has 2 atom stereocenters. The van der Waals surface area contributed by atoms with Crippen LogP contribution in [-0.2, 0) is 11.3 Å². The van der Waals surface area contributed by atoms with Gasteiger partial charge in [-0.1, -0.05) is 30.7 Å². The Bertz CT molecular complexity index is 900. The van der Waals surface area contributed by atoms with Crippen LogP contribution in [0.3, 0.4) is 0 Å². The van der Waals surface area contributed by atoms with Crippen LogP contribution in [0, 0.1) is 11.8 Å². The fourth-order valence-electron chi connectivity index (χ4n) is 3.92. The lowest BCUT2D eigenvalue weighted by Gasteiger charge is -2.17. The number of aromatic nitrogens is 2. The first-order chi connectivity index (χ1) is 12.8. The number of carbonyl (C=O) groups excluding carboxylic acids is 1. The van der Waals surface area contributed by atoms with Crippen LogP contribution in [0.15, 0.2) is 54.9 Å². The van der Waals surface area contributed by atoms with Crippen LogP contribution < -0.4 is 11.1 Å². The Labute approximate surface area is 153 Å². The molecule has 0 aliphatic heterocycles. The Hall–Kier alpha value is -2.66. The molecule has 1 aliphatic rings. The van der Waals surface area contributed by atoms with Crippen LogP contribution >= 0.6 is 0 Å². The van der Waals surface area contributed by atoms with Gasteiger partial charge in [0.05, 0.1) is 11.0 Å². The van der Waals surface area contributed by atoms with E-state index in [1.807, 2.05) is 24.5 Å². The van der Waals surface area contributed by atoms with Gasteiger partial charge >= 0.3 is 0 Å². The van der Waals surface area contributed by atoms with Gasteiger partial charge in [0.25, 0.3) is 0 Å². The molecule has 1 amide bonds. The second kappa shape index (κ2) is 7.30. The smallest absolute Gasteiger partial charge is 0.223 e. The van der Waals surface area contributed by atoms with Crippen molar-refractivity contribution < 1.29 is 4.79 Å². The Morgan fingerprint density at radius 3 is 2.77 bits per heavy atom. The molecule has 26 heavy (non-hydrogen) atoms. The average Bonchev–Trinajstić information content (AvgIpc) is 3.33. The third kappa shape index (κ3) is 3.22. The first kappa shape index (κ1) is 16.8. The highest BCUT2D eigenvalue weighted by molar-refractivity contribution is 5.79. The molecule has 0 radical (unpaired) electrons. The summed E-state index contributed by atoms with van der Waals surface area (Å²) in [4.78, 5) is 16.8. The van der Waals surface area contributed by atoms with Crippen molar-refractivity contribution in [1.82, 2.24) is 14.9 Å². The van der Waals surface area contributed by atoms with Crippen LogP contribution in [0.4, 0.5) is 0 Å². The fourth-order valence-corrected chi connectivity index (χ4v) is 3.92. The lowest BCUT2D eigenvalue weighted by molar-refractivity contribution is -0.126. The number of amides is 1. The summed E-state index contributed by atoms with van der Waals surface area (Å²) in [6.07, 6.45) is 4.98. The number of fused-ring (bicyclic) bond motifs is 1. The number of imidazole rings is 1. The molecular weight excluding hydrogens is 324 g/mol. The van der Waals surface area contributed by atoms with E-state index in [1.54, 1.807) is 0 Å². The predicted octanol–water partition coefficient (Wildman–Crippen LogP) is 3.02. The second-order valence-corrected chi connectivity index (χ2v) is 7.02. The second-order valence-electron chi connectivity index (χ2n) is 7.02. The predicted molar refractivity (Wildman–Crippen MR) is 103 cm³/mol. The van der Waals surface area contributed by atoms with E-state index in [1.165, 1.54) is 0 Å². The van der Waals surface area contributed by atoms with Crippen molar-refractivity contribution >= 4 is 16.9 Å². The van der Waals surface area contributed by atoms with E-state index >= 15 is 0 Å². The van der Waals surface area contributed by atoms with Gasteiger partial charge in [-0.3, -0.25) is 9.36 Å². The lowest BCUT2D eigenvalue weighted by atomic mass is 9.95. The number of hydrogen-bond acceptors (Lipinski definition) is 3. The summed E-state index contributed by atoms with van der Waals surface area (Å²) in [5, 5.41) is 3.08. The topological polar surface area (TPSA) is 72.9 Å². The van der Waals surface area contributed by atoms with Crippen molar-refractivity contribution in [2.45, 2.75) is 25.8 Å². The molecule has 3 N–H and O–H groups in total. The Morgan fingerprint density at radius 2 is 1.96 bits per heavy atom. The normalized spacial score (nSPS) is 19.7. The molecule has 1 heterocycles.